The van der Waals surface area contributed by atoms with E-state index in [1.54, 1.807) is 0 Å². The number of nitrogens with zero attached hydrogens (tertiary/aromatic N) is 1. The van der Waals surface area contributed by atoms with E-state index in [0.717, 1.165) is 0 Å². The molecule has 9 heteroatoms. The van der Waals surface area contributed by atoms with E-state index in [1.807, 2.05) is 0 Å². The number of pyridine rings is 1. The molecule has 0 aliphatic carbocycles. The number of carbonyl (C=O) groups excluding carboxylic acids is 1. The minimum Gasteiger partial charge on any atom is -0.348 e. The highest BCUT2D eigenvalue weighted by Gasteiger charge is 2.29. The van der Waals surface area contributed by atoms with E-state index in [0.29, 0.717) is 6.42 Å². The van der Waals surface area contributed by atoms with Gasteiger partial charge in [-0.3, -0.25) is 4.79 Å². The molecule has 1 aromatic heterocycles. The van der Waals surface area contributed by atoms with Gasteiger partial charge < -0.3 is 5.32 Å². The van der Waals surface area contributed by atoms with Crippen molar-refractivity contribution in [2.24, 2.45) is 0 Å². The Bertz CT molecular complexity index is 607. The van der Waals surface area contributed by atoms with Gasteiger partial charge in [0.1, 0.15) is 5.03 Å². The third-order valence-corrected chi connectivity index (χ3v) is 5.28. The number of amides is 1. The van der Waals surface area contributed by atoms with E-state index in [1.165, 1.54) is 18.3 Å². The summed E-state index contributed by atoms with van der Waals surface area (Å²) < 4.78 is 47.4. The van der Waals surface area contributed by atoms with E-state index in [4.69, 9.17) is 0 Å². The Labute approximate surface area is 119 Å². The standard InChI is InChI=1S/C11H12F2N2O3S2/c12-11(13)19-10-8(2-1-4-14-10)9(16)15-7-3-5-20(17,18)6-7/h1-2,4,7,11H,3,5-6H2,(H,15,16)/t7-/m1/s1. The molecule has 0 spiro atoms. The smallest absolute Gasteiger partial charge is 0.290 e. The molecule has 20 heavy (non-hydrogen) atoms. The zero-order valence-electron chi connectivity index (χ0n) is 10.3. The molecule has 1 saturated heterocycles. The molecule has 0 bridgehead atoms. The minimum atomic E-state index is -3.11. The van der Waals surface area contributed by atoms with Gasteiger partial charge in [-0.1, -0.05) is 0 Å². The highest BCUT2D eigenvalue weighted by molar-refractivity contribution is 7.99. The average Bonchev–Trinajstić information content (AvgIpc) is 2.68. The number of nitrogens with one attached hydrogen (secondary N) is 1. The van der Waals surface area contributed by atoms with Crippen LogP contribution in [0.5, 0.6) is 0 Å². The zero-order chi connectivity index (χ0) is 14.8. The molecular formula is C11H12F2N2O3S2. The molecule has 110 valence electrons. The fourth-order valence-corrected chi connectivity index (χ4v) is 4.17. The first-order chi connectivity index (χ1) is 9.37. The van der Waals surface area contributed by atoms with Crippen molar-refractivity contribution in [1.29, 1.82) is 0 Å². The number of halogens is 2. The van der Waals surface area contributed by atoms with Gasteiger partial charge in [0.25, 0.3) is 11.7 Å². The minimum absolute atomic E-state index is 0.0297. The molecule has 1 aromatic rings. The number of hydrogen-bond donors (Lipinski definition) is 1. The van der Waals surface area contributed by atoms with Crippen LogP contribution in [-0.4, -0.2) is 42.6 Å². The predicted molar refractivity (Wildman–Crippen MR) is 70.6 cm³/mol. The molecule has 1 fully saturated rings. The summed E-state index contributed by atoms with van der Waals surface area (Å²) in [5.41, 5.74) is 0.0297. The molecule has 1 aliphatic rings. The first kappa shape index (κ1) is 15.2. The highest BCUT2D eigenvalue weighted by Crippen LogP contribution is 2.26. The Morgan fingerprint density at radius 2 is 2.25 bits per heavy atom. The molecule has 0 radical (unpaired) electrons. The summed E-state index contributed by atoms with van der Waals surface area (Å²) in [6.45, 7) is 0. The van der Waals surface area contributed by atoms with Gasteiger partial charge >= 0.3 is 0 Å². The van der Waals surface area contributed by atoms with Gasteiger partial charge in [0.2, 0.25) is 0 Å². The normalized spacial score (nSPS) is 21.1. The number of aromatic nitrogens is 1. The summed E-state index contributed by atoms with van der Waals surface area (Å²) in [4.78, 5) is 15.8. The van der Waals surface area contributed by atoms with Gasteiger partial charge in [0.15, 0.2) is 9.84 Å². The third-order valence-electron chi connectivity index (χ3n) is 2.78. The van der Waals surface area contributed by atoms with Crippen LogP contribution >= 0.6 is 11.8 Å². The fraction of sp³-hybridized carbons (Fsp3) is 0.455. The van der Waals surface area contributed by atoms with Gasteiger partial charge in [-0.05, 0) is 30.3 Å². The van der Waals surface area contributed by atoms with Crippen molar-refractivity contribution in [3.8, 4) is 0 Å². The second kappa shape index (κ2) is 6.04. The first-order valence-electron chi connectivity index (χ1n) is 5.78. The molecule has 2 heterocycles. The highest BCUT2D eigenvalue weighted by atomic mass is 32.2. The van der Waals surface area contributed by atoms with Gasteiger partial charge in [0, 0.05) is 12.2 Å². The van der Waals surface area contributed by atoms with E-state index in [2.05, 4.69) is 10.3 Å². The molecule has 5 nitrogen and oxygen atoms in total. The molecule has 1 aliphatic heterocycles. The van der Waals surface area contributed by atoms with E-state index >= 15 is 0 Å². The van der Waals surface area contributed by atoms with Crippen LogP contribution in [0.3, 0.4) is 0 Å². The van der Waals surface area contributed by atoms with Crippen LogP contribution in [0.25, 0.3) is 0 Å². The lowest BCUT2D eigenvalue weighted by atomic mass is 10.2. The monoisotopic (exact) mass is 322 g/mol. The molecule has 1 N–H and O–H groups in total. The van der Waals surface area contributed by atoms with Gasteiger partial charge in [-0.25, -0.2) is 13.4 Å². The number of rotatable bonds is 4. The molecule has 1 amide bonds. The van der Waals surface area contributed by atoms with Crippen LogP contribution in [0.2, 0.25) is 0 Å². The zero-order valence-corrected chi connectivity index (χ0v) is 11.9. The first-order valence-corrected chi connectivity index (χ1v) is 8.48. The van der Waals surface area contributed by atoms with E-state index < -0.39 is 27.5 Å². The Kier molecular flexibility index (Phi) is 4.59. The Morgan fingerprint density at radius 1 is 1.50 bits per heavy atom. The van der Waals surface area contributed by atoms with Crippen LogP contribution in [0.15, 0.2) is 23.4 Å². The molecule has 1 atom stereocenters. The number of carbonyl (C=O) groups is 1. The van der Waals surface area contributed by atoms with Gasteiger partial charge in [-0.2, -0.15) is 8.78 Å². The summed E-state index contributed by atoms with van der Waals surface area (Å²) >= 11 is 0.188. The number of alkyl halides is 2. The van der Waals surface area contributed by atoms with Crippen LogP contribution in [-0.2, 0) is 9.84 Å². The summed E-state index contributed by atoms with van der Waals surface area (Å²) in [6.07, 6.45) is 1.66. The summed E-state index contributed by atoms with van der Waals surface area (Å²) in [6, 6.07) is 2.38. The van der Waals surface area contributed by atoms with E-state index in [-0.39, 0.29) is 33.9 Å². The van der Waals surface area contributed by atoms with Crippen molar-refractivity contribution in [3.05, 3.63) is 23.9 Å². The Balaban J connectivity index is 2.10. The van der Waals surface area contributed by atoms with Crippen molar-refractivity contribution < 1.29 is 22.0 Å². The average molecular weight is 322 g/mol. The molecular weight excluding hydrogens is 310 g/mol. The second-order valence-corrected chi connectivity index (χ2v) is 7.52. The Hall–Kier alpha value is -1.22. The quantitative estimate of drug-likeness (QED) is 0.846. The van der Waals surface area contributed by atoms with Crippen LogP contribution in [0, 0.1) is 0 Å². The van der Waals surface area contributed by atoms with E-state index in [9.17, 15) is 22.0 Å². The van der Waals surface area contributed by atoms with Crippen molar-refractivity contribution >= 4 is 27.5 Å². The van der Waals surface area contributed by atoms with Crippen molar-refractivity contribution in [2.75, 3.05) is 11.5 Å². The molecule has 0 unspecified atom stereocenters. The van der Waals surface area contributed by atoms with Crippen molar-refractivity contribution in [2.45, 2.75) is 23.2 Å². The second-order valence-electron chi connectivity index (χ2n) is 4.31. The number of thioether (sulfide) groups is 1. The van der Waals surface area contributed by atoms with Crippen LogP contribution in [0.1, 0.15) is 16.8 Å². The lowest BCUT2D eigenvalue weighted by Gasteiger charge is -2.12. The lowest BCUT2D eigenvalue weighted by molar-refractivity contribution is 0.0937. The number of hydrogen-bond acceptors (Lipinski definition) is 5. The molecule has 2 rings (SSSR count). The van der Waals surface area contributed by atoms with Gasteiger partial charge in [-0.15, -0.1) is 0 Å². The van der Waals surface area contributed by atoms with Crippen LogP contribution < -0.4 is 5.32 Å². The fourth-order valence-electron chi connectivity index (χ4n) is 1.91. The molecule has 0 aromatic carbocycles. The summed E-state index contributed by atoms with van der Waals surface area (Å²) in [5.74, 6) is -3.34. The van der Waals surface area contributed by atoms with Crippen molar-refractivity contribution in [1.82, 2.24) is 10.3 Å². The molecule has 0 saturated carbocycles. The van der Waals surface area contributed by atoms with Crippen molar-refractivity contribution in [3.63, 3.8) is 0 Å². The van der Waals surface area contributed by atoms with Crippen LogP contribution in [0.4, 0.5) is 8.78 Å². The van der Waals surface area contributed by atoms with Gasteiger partial charge in [0.05, 0.1) is 17.1 Å². The largest absolute Gasteiger partial charge is 0.348 e. The third kappa shape index (κ3) is 3.89. The maximum Gasteiger partial charge on any atom is 0.290 e. The SMILES string of the molecule is O=C(N[C@@H]1CCS(=O)(=O)C1)c1cccnc1SC(F)F. The number of sulfone groups is 1. The summed E-state index contributed by atoms with van der Waals surface area (Å²) in [7, 11) is -3.11. The Morgan fingerprint density at radius 3 is 2.85 bits per heavy atom. The maximum atomic E-state index is 12.4. The predicted octanol–water partition coefficient (Wildman–Crippen LogP) is 1.31. The maximum absolute atomic E-state index is 12.4. The summed E-state index contributed by atoms with van der Waals surface area (Å²) in [5, 5.41) is 2.48. The lowest BCUT2D eigenvalue weighted by Crippen LogP contribution is -2.35. The topological polar surface area (TPSA) is 76.1 Å².